The summed E-state index contributed by atoms with van der Waals surface area (Å²) in [7, 11) is 2.32. The molecule has 2 rings (SSSR count). The average Bonchev–Trinajstić information content (AvgIpc) is 2.39. The smallest absolute Gasteiger partial charge is 0.0147 e. The van der Waals surface area contributed by atoms with E-state index >= 15 is 0 Å². The predicted molar refractivity (Wildman–Crippen MR) is 56.7 cm³/mol. The third-order valence-electron chi connectivity index (χ3n) is 4.12. The molecule has 0 spiro atoms. The van der Waals surface area contributed by atoms with Crippen LogP contribution in [0, 0.1) is 17.8 Å². The van der Waals surface area contributed by atoms with Crippen LogP contribution in [0.4, 0.5) is 0 Å². The first-order chi connectivity index (χ1) is 6.20. The molecule has 1 heterocycles. The summed E-state index contributed by atoms with van der Waals surface area (Å²) in [5.74, 6) is 2.91. The number of hydrogen-bond donors (Lipinski definition) is 0. The van der Waals surface area contributed by atoms with Crippen LogP contribution in [0.15, 0.2) is 0 Å². The van der Waals surface area contributed by atoms with Gasteiger partial charge in [-0.1, -0.05) is 26.7 Å². The van der Waals surface area contributed by atoms with E-state index in [1.807, 2.05) is 0 Å². The van der Waals surface area contributed by atoms with Gasteiger partial charge in [0.15, 0.2) is 0 Å². The summed E-state index contributed by atoms with van der Waals surface area (Å²) in [5, 5.41) is 0. The number of nitrogens with zero attached hydrogens (tertiary/aromatic N) is 1. The second-order valence-corrected chi connectivity index (χ2v) is 5.38. The van der Waals surface area contributed by atoms with Crippen LogP contribution < -0.4 is 0 Å². The van der Waals surface area contributed by atoms with Crippen LogP contribution in [-0.4, -0.2) is 24.5 Å². The summed E-state index contributed by atoms with van der Waals surface area (Å²) < 4.78 is 0. The maximum Gasteiger partial charge on any atom is 0.0147 e. The molecule has 76 valence electrons. The Hall–Kier alpha value is -0.0400. The minimum Gasteiger partial charge on any atom is -0.303 e. The molecule has 1 nitrogen and oxygen atoms in total. The molecule has 3 atom stereocenters. The van der Waals surface area contributed by atoms with Gasteiger partial charge in [-0.05, 0) is 37.6 Å². The van der Waals surface area contributed by atoms with Gasteiger partial charge in [-0.15, -0.1) is 0 Å². The topological polar surface area (TPSA) is 3.24 Å². The van der Waals surface area contributed by atoms with Gasteiger partial charge < -0.3 is 4.90 Å². The molecule has 0 amide bonds. The van der Waals surface area contributed by atoms with Gasteiger partial charge in [0, 0.05) is 12.6 Å². The lowest BCUT2D eigenvalue weighted by molar-refractivity contribution is 0.186. The van der Waals surface area contributed by atoms with Crippen molar-refractivity contribution >= 4 is 0 Å². The quantitative estimate of drug-likeness (QED) is 0.601. The Labute approximate surface area is 82.5 Å². The average molecular weight is 181 g/mol. The molecule has 0 aromatic carbocycles. The molecule has 1 aliphatic carbocycles. The van der Waals surface area contributed by atoms with Gasteiger partial charge in [-0.3, -0.25) is 0 Å². The standard InChI is InChI=1S/C12H23N/c1-9(2)12-11-7-5-4-6-10(11)8-13(12)3/h9-12H,4-8H2,1-3H3/t10-,11-,12?/m0/s1. The Kier molecular flexibility index (Phi) is 2.64. The van der Waals surface area contributed by atoms with E-state index in [1.54, 1.807) is 0 Å². The highest BCUT2D eigenvalue weighted by molar-refractivity contribution is 4.94. The first kappa shape index (κ1) is 9.51. The third kappa shape index (κ3) is 1.63. The minimum atomic E-state index is 0.845. The summed E-state index contributed by atoms with van der Waals surface area (Å²) in [6, 6.07) is 0.880. The highest BCUT2D eigenvalue weighted by Crippen LogP contribution is 2.41. The van der Waals surface area contributed by atoms with E-state index in [2.05, 4.69) is 25.8 Å². The van der Waals surface area contributed by atoms with Crippen LogP contribution in [0.1, 0.15) is 39.5 Å². The zero-order valence-corrected chi connectivity index (χ0v) is 9.29. The molecule has 1 unspecified atom stereocenters. The van der Waals surface area contributed by atoms with Crippen molar-refractivity contribution in [2.45, 2.75) is 45.6 Å². The van der Waals surface area contributed by atoms with E-state index in [0.29, 0.717) is 0 Å². The Morgan fingerprint density at radius 2 is 1.85 bits per heavy atom. The number of likely N-dealkylation sites (tertiary alicyclic amines) is 1. The van der Waals surface area contributed by atoms with Crippen molar-refractivity contribution < 1.29 is 0 Å². The second kappa shape index (κ2) is 3.61. The SMILES string of the molecule is CC(C)C1[C@H]2CCCC[C@H]2CN1C. The van der Waals surface area contributed by atoms with Gasteiger partial charge in [0.05, 0.1) is 0 Å². The highest BCUT2D eigenvalue weighted by Gasteiger charge is 2.41. The Bertz CT molecular complexity index is 176. The maximum absolute atomic E-state index is 2.62. The third-order valence-corrected chi connectivity index (χ3v) is 4.12. The zero-order chi connectivity index (χ0) is 9.42. The zero-order valence-electron chi connectivity index (χ0n) is 9.29. The molecule has 0 N–H and O–H groups in total. The van der Waals surface area contributed by atoms with Gasteiger partial charge in [0.2, 0.25) is 0 Å². The van der Waals surface area contributed by atoms with Crippen molar-refractivity contribution in [2.75, 3.05) is 13.6 Å². The first-order valence-electron chi connectivity index (χ1n) is 5.90. The summed E-state index contributed by atoms with van der Waals surface area (Å²) >= 11 is 0. The lowest BCUT2D eigenvalue weighted by Gasteiger charge is -2.32. The molecule has 1 saturated carbocycles. The lowest BCUT2D eigenvalue weighted by Crippen LogP contribution is -2.34. The molecule has 0 bridgehead atoms. The van der Waals surface area contributed by atoms with E-state index in [4.69, 9.17) is 0 Å². The van der Waals surface area contributed by atoms with E-state index in [-0.39, 0.29) is 0 Å². The normalized spacial score (nSPS) is 41.1. The molecule has 2 fully saturated rings. The molecule has 0 aromatic heterocycles. The fourth-order valence-corrected chi connectivity index (χ4v) is 3.73. The van der Waals surface area contributed by atoms with E-state index in [1.165, 1.54) is 32.2 Å². The second-order valence-electron chi connectivity index (χ2n) is 5.38. The van der Waals surface area contributed by atoms with Gasteiger partial charge >= 0.3 is 0 Å². The van der Waals surface area contributed by atoms with Crippen LogP contribution in [0.5, 0.6) is 0 Å². The molecule has 13 heavy (non-hydrogen) atoms. The summed E-state index contributed by atoms with van der Waals surface area (Å²) in [5.41, 5.74) is 0. The van der Waals surface area contributed by atoms with Crippen LogP contribution in [0.3, 0.4) is 0 Å². The predicted octanol–water partition coefficient (Wildman–Crippen LogP) is 2.76. The van der Waals surface area contributed by atoms with Gasteiger partial charge in [0.25, 0.3) is 0 Å². The first-order valence-corrected chi connectivity index (χ1v) is 5.90. The van der Waals surface area contributed by atoms with Crippen molar-refractivity contribution in [3.63, 3.8) is 0 Å². The Balaban J connectivity index is 2.09. The van der Waals surface area contributed by atoms with Gasteiger partial charge in [-0.25, -0.2) is 0 Å². The fourth-order valence-electron chi connectivity index (χ4n) is 3.73. The monoisotopic (exact) mass is 181 g/mol. The summed E-state index contributed by atoms with van der Waals surface area (Å²) in [4.78, 5) is 2.62. The Morgan fingerprint density at radius 1 is 1.15 bits per heavy atom. The molecule has 0 aromatic rings. The number of fused-ring (bicyclic) bond motifs is 1. The molecule has 2 aliphatic rings. The Morgan fingerprint density at radius 3 is 2.54 bits per heavy atom. The van der Waals surface area contributed by atoms with Crippen molar-refractivity contribution in [2.24, 2.45) is 17.8 Å². The number of hydrogen-bond acceptors (Lipinski definition) is 1. The highest BCUT2D eigenvalue weighted by atomic mass is 15.2. The molecule has 0 radical (unpaired) electrons. The molecule has 1 heteroatoms. The largest absolute Gasteiger partial charge is 0.303 e. The van der Waals surface area contributed by atoms with E-state index in [0.717, 1.165) is 23.8 Å². The molecular formula is C12H23N. The molecule has 1 saturated heterocycles. The fraction of sp³-hybridized carbons (Fsp3) is 1.00. The summed E-state index contributed by atoms with van der Waals surface area (Å²) in [6.45, 7) is 6.14. The van der Waals surface area contributed by atoms with Crippen molar-refractivity contribution in [1.29, 1.82) is 0 Å². The van der Waals surface area contributed by atoms with E-state index in [9.17, 15) is 0 Å². The van der Waals surface area contributed by atoms with Crippen LogP contribution in [0.2, 0.25) is 0 Å². The summed E-state index contributed by atoms with van der Waals surface area (Å²) in [6.07, 6.45) is 5.97. The van der Waals surface area contributed by atoms with Gasteiger partial charge in [-0.2, -0.15) is 0 Å². The molecular weight excluding hydrogens is 158 g/mol. The maximum atomic E-state index is 2.62. The van der Waals surface area contributed by atoms with Gasteiger partial charge in [0.1, 0.15) is 0 Å². The van der Waals surface area contributed by atoms with Crippen molar-refractivity contribution in [1.82, 2.24) is 4.90 Å². The van der Waals surface area contributed by atoms with Crippen molar-refractivity contribution in [3.8, 4) is 0 Å². The van der Waals surface area contributed by atoms with E-state index < -0.39 is 0 Å². The number of rotatable bonds is 1. The van der Waals surface area contributed by atoms with Crippen LogP contribution >= 0.6 is 0 Å². The van der Waals surface area contributed by atoms with Crippen molar-refractivity contribution in [3.05, 3.63) is 0 Å². The lowest BCUT2D eigenvalue weighted by atomic mass is 9.76. The van der Waals surface area contributed by atoms with Crippen LogP contribution in [-0.2, 0) is 0 Å². The molecule has 1 aliphatic heterocycles. The minimum absolute atomic E-state index is 0.845. The van der Waals surface area contributed by atoms with Crippen LogP contribution in [0.25, 0.3) is 0 Å².